The SMILES string of the molecule is CN(CC(C)(C)CN)S(=O)(=O)c1cc2c(cc1Br)OCCO2. The molecule has 1 aromatic carbocycles. The van der Waals surface area contributed by atoms with E-state index < -0.39 is 10.0 Å². The number of fused-ring (bicyclic) bond motifs is 1. The minimum atomic E-state index is -3.65. The lowest BCUT2D eigenvalue weighted by atomic mass is 9.94. The van der Waals surface area contributed by atoms with E-state index in [2.05, 4.69) is 15.9 Å². The molecular formula is C14H21BrN2O4S. The van der Waals surface area contributed by atoms with E-state index in [9.17, 15) is 8.42 Å². The Bertz CT molecular complexity index is 661. The van der Waals surface area contributed by atoms with Gasteiger partial charge >= 0.3 is 0 Å². The summed E-state index contributed by atoms with van der Waals surface area (Å²) in [6, 6.07) is 3.13. The average Bonchev–Trinajstić information content (AvgIpc) is 2.45. The van der Waals surface area contributed by atoms with Gasteiger partial charge in [0.05, 0.1) is 0 Å². The maximum absolute atomic E-state index is 12.8. The van der Waals surface area contributed by atoms with Crippen LogP contribution in [0.2, 0.25) is 0 Å². The number of halogens is 1. The zero-order valence-corrected chi connectivity index (χ0v) is 15.3. The second-order valence-corrected chi connectivity index (χ2v) is 8.92. The van der Waals surface area contributed by atoms with Gasteiger partial charge in [0.1, 0.15) is 18.1 Å². The Morgan fingerprint density at radius 3 is 2.36 bits per heavy atom. The standard InChI is InChI=1S/C14H21BrN2O4S/c1-14(2,8-16)9-17(3)22(18,19)13-7-12-11(6-10(13)15)20-4-5-21-12/h6-7H,4-5,8-9,16H2,1-3H3. The Morgan fingerprint density at radius 1 is 1.27 bits per heavy atom. The summed E-state index contributed by atoms with van der Waals surface area (Å²) in [7, 11) is -2.10. The molecule has 2 rings (SSSR count). The van der Waals surface area contributed by atoms with Crippen LogP contribution in [0.3, 0.4) is 0 Å². The van der Waals surface area contributed by atoms with Crippen molar-refractivity contribution in [1.29, 1.82) is 0 Å². The summed E-state index contributed by atoms with van der Waals surface area (Å²) in [4.78, 5) is 0.159. The van der Waals surface area contributed by atoms with Gasteiger partial charge in [-0.2, -0.15) is 0 Å². The molecule has 0 amide bonds. The van der Waals surface area contributed by atoms with Crippen LogP contribution in [0.25, 0.3) is 0 Å². The van der Waals surface area contributed by atoms with E-state index in [4.69, 9.17) is 15.2 Å². The summed E-state index contributed by atoms with van der Waals surface area (Å²) in [5.41, 5.74) is 5.39. The van der Waals surface area contributed by atoms with Gasteiger partial charge in [-0.1, -0.05) is 13.8 Å². The van der Waals surface area contributed by atoms with Crippen LogP contribution in [0.1, 0.15) is 13.8 Å². The number of ether oxygens (including phenoxy) is 2. The molecule has 6 nitrogen and oxygen atoms in total. The summed E-state index contributed by atoms with van der Waals surface area (Å²) in [5.74, 6) is 0.988. The molecule has 2 N–H and O–H groups in total. The summed E-state index contributed by atoms with van der Waals surface area (Å²) in [6.45, 7) is 5.44. The molecule has 0 saturated heterocycles. The molecule has 1 aliphatic rings. The van der Waals surface area contributed by atoms with Crippen molar-refractivity contribution >= 4 is 26.0 Å². The summed E-state index contributed by atoms with van der Waals surface area (Å²) in [5, 5.41) is 0. The third kappa shape index (κ3) is 3.56. The maximum Gasteiger partial charge on any atom is 0.244 e. The van der Waals surface area contributed by atoms with E-state index >= 15 is 0 Å². The van der Waals surface area contributed by atoms with Gasteiger partial charge in [0.15, 0.2) is 11.5 Å². The molecule has 0 aliphatic carbocycles. The van der Waals surface area contributed by atoms with E-state index in [1.165, 1.54) is 10.4 Å². The van der Waals surface area contributed by atoms with Crippen molar-refractivity contribution < 1.29 is 17.9 Å². The number of hydrogen-bond acceptors (Lipinski definition) is 5. The topological polar surface area (TPSA) is 81.9 Å². The minimum absolute atomic E-state index is 0.159. The first-order valence-electron chi connectivity index (χ1n) is 6.93. The van der Waals surface area contributed by atoms with Gasteiger partial charge in [-0.05, 0) is 34.0 Å². The number of rotatable bonds is 5. The predicted octanol–water partition coefficient (Wildman–Crippen LogP) is 1.83. The summed E-state index contributed by atoms with van der Waals surface area (Å²) < 4.78 is 38.3. The highest BCUT2D eigenvalue weighted by atomic mass is 79.9. The highest BCUT2D eigenvalue weighted by Crippen LogP contribution is 2.38. The van der Waals surface area contributed by atoms with Crippen LogP contribution in [-0.4, -0.2) is 46.1 Å². The second-order valence-electron chi connectivity index (χ2n) is 6.06. The average molecular weight is 393 g/mol. The summed E-state index contributed by atoms with van der Waals surface area (Å²) in [6.07, 6.45) is 0. The monoisotopic (exact) mass is 392 g/mol. The van der Waals surface area contributed by atoms with Gasteiger partial charge in [-0.25, -0.2) is 12.7 Å². The molecule has 22 heavy (non-hydrogen) atoms. The smallest absolute Gasteiger partial charge is 0.244 e. The maximum atomic E-state index is 12.8. The van der Waals surface area contributed by atoms with Crippen molar-refractivity contribution in [3.05, 3.63) is 16.6 Å². The van der Waals surface area contributed by atoms with Gasteiger partial charge in [0, 0.05) is 24.1 Å². The molecule has 0 saturated carbocycles. The van der Waals surface area contributed by atoms with Gasteiger partial charge in [-0.15, -0.1) is 0 Å². The van der Waals surface area contributed by atoms with E-state index in [1.807, 2.05) is 13.8 Å². The van der Waals surface area contributed by atoms with Crippen LogP contribution in [-0.2, 0) is 10.0 Å². The van der Waals surface area contributed by atoms with Crippen LogP contribution in [0, 0.1) is 5.41 Å². The normalized spacial score (nSPS) is 15.2. The van der Waals surface area contributed by atoms with E-state index in [1.54, 1.807) is 13.1 Å². The molecule has 0 fully saturated rings. The van der Waals surface area contributed by atoms with Crippen LogP contribution >= 0.6 is 15.9 Å². The predicted molar refractivity (Wildman–Crippen MR) is 87.8 cm³/mol. The fourth-order valence-electron chi connectivity index (χ4n) is 2.16. The molecule has 1 aliphatic heterocycles. The van der Waals surface area contributed by atoms with Crippen molar-refractivity contribution in [1.82, 2.24) is 4.31 Å². The number of hydrogen-bond donors (Lipinski definition) is 1. The lowest BCUT2D eigenvalue weighted by Gasteiger charge is -2.29. The fourth-order valence-corrected chi connectivity index (χ4v) is 4.52. The largest absolute Gasteiger partial charge is 0.486 e. The first-order chi connectivity index (χ1) is 10.2. The molecule has 0 unspecified atom stereocenters. The highest BCUT2D eigenvalue weighted by Gasteiger charge is 2.30. The summed E-state index contributed by atoms with van der Waals surface area (Å²) >= 11 is 3.31. The molecular weight excluding hydrogens is 372 g/mol. The fraction of sp³-hybridized carbons (Fsp3) is 0.571. The molecule has 0 spiro atoms. The Morgan fingerprint density at radius 2 is 1.82 bits per heavy atom. The number of sulfonamides is 1. The van der Waals surface area contributed by atoms with Gasteiger partial charge in [0.25, 0.3) is 0 Å². The lowest BCUT2D eigenvalue weighted by molar-refractivity contribution is 0.171. The Kier molecular flexibility index (Phi) is 5.06. The first-order valence-corrected chi connectivity index (χ1v) is 9.16. The van der Waals surface area contributed by atoms with E-state index in [0.717, 1.165) is 0 Å². The molecule has 0 radical (unpaired) electrons. The van der Waals surface area contributed by atoms with Crippen LogP contribution in [0.5, 0.6) is 11.5 Å². The minimum Gasteiger partial charge on any atom is -0.486 e. The molecule has 0 bridgehead atoms. The van der Waals surface area contributed by atoms with Crippen LogP contribution < -0.4 is 15.2 Å². The number of nitrogens with two attached hydrogens (primary N) is 1. The third-order valence-corrected chi connectivity index (χ3v) is 6.25. The zero-order chi connectivity index (χ0) is 16.5. The van der Waals surface area contributed by atoms with E-state index in [0.29, 0.717) is 42.3 Å². The van der Waals surface area contributed by atoms with Crippen molar-refractivity contribution in [2.45, 2.75) is 18.7 Å². The van der Waals surface area contributed by atoms with Crippen molar-refractivity contribution in [3.63, 3.8) is 0 Å². The van der Waals surface area contributed by atoms with Crippen molar-refractivity contribution in [3.8, 4) is 11.5 Å². The Balaban J connectivity index is 2.37. The molecule has 124 valence electrons. The number of benzene rings is 1. The zero-order valence-electron chi connectivity index (χ0n) is 12.9. The lowest BCUT2D eigenvalue weighted by Crippen LogP contribution is -2.39. The molecule has 0 aromatic heterocycles. The molecule has 1 aromatic rings. The molecule has 0 atom stereocenters. The van der Waals surface area contributed by atoms with Crippen molar-refractivity contribution in [2.75, 3.05) is 33.4 Å². The second kappa shape index (κ2) is 6.35. The van der Waals surface area contributed by atoms with Crippen LogP contribution in [0.15, 0.2) is 21.5 Å². The Labute approximate surface area is 139 Å². The third-order valence-electron chi connectivity index (χ3n) is 3.49. The molecule has 8 heteroatoms. The van der Waals surface area contributed by atoms with Crippen LogP contribution in [0.4, 0.5) is 0 Å². The molecule has 1 heterocycles. The van der Waals surface area contributed by atoms with E-state index in [-0.39, 0.29) is 10.3 Å². The quantitative estimate of drug-likeness (QED) is 0.826. The van der Waals surface area contributed by atoms with Gasteiger partial charge in [-0.3, -0.25) is 0 Å². The van der Waals surface area contributed by atoms with Gasteiger partial charge < -0.3 is 15.2 Å². The first kappa shape index (κ1) is 17.5. The van der Waals surface area contributed by atoms with Gasteiger partial charge in [0.2, 0.25) is 10.0 Å². The van der Waals surface area contributed by atoms with Crippen molar-refractivity contribution in [2.24, 2.45) is 11.1 Å². The number of nitrogens with zero attached hydrogens (tertiary/aromatic N) is 1. The Hall–Kier alpha value is -0.830. The highest BCUT2D eigenvalue weighted by molar-refractivity contribution is 9.10.